The molecule has 242 valence electrons. The van der Waals surface area contributed by atoms with Crippen molar-refractivity contribution in [3.05, 3.63) is 182 Å². The predicted molar refractivity (Wildman–Crippen MR) is 218 cm³/mol. The van der Waals surface area contributed by atoms with Crippen LogP contribution in [0.2, 0.25) is 0 Å². The number of rotatable bonds is 4. The molecule has 0 bridgehead atoms. The molecule has 2 aromatic heterocycles. The van der Waals surface area contributed by atoms with Gasteiger partial charge < -0.3 is 8.83 Å². The Morgan fingerprint density at radius 2 is 0.846 bits per heavy atom. The zero-order chi connectivity index (χ0) is 34.2. The third-order valence-corrected chi connectivity index (χ3v) is 10.7. The SMILES string of the molecule is c1ccc(-c2c3ccccc3c(-c3cccc4c(-c5ccc6oc(-c7cccc8oc9ccccc9c78)cc6c5)cccc34)c3ccccc23)cc1. The Hall–Kier alpha value is -6.90. The van der Waals surface area contributed by atoms with Gasteiger partial charge in [0.2, 0.25) is 0 Å². The molecule has 52 heavy (non-hydrogen) atoms. The smallest absolute Gasteiger partial charge is 0.136 e. The average Bonchev–Trinajstić information content (AvgIpc) is 3.81. The number of para-hydroxylation sites is 1. The minimum absolute atomic E-state index is 0.835. The fourth-order valence-corrected chi connectivity index (χ4v) is 8.44. The van der Waals surface area contributed by atoms with Gasteiger partial charge in [0.25, 0.3) is 0 Å². The normalized spacial score (nSPS) is 11.8. The Morgan fingerprint density at radius 3 is 1.60 bits per heavy atom. The highest BCUT2D eigenvalue weighted by Crippen LogP contribution is 2.46. The van der Waals surface area contributed by atoms with Gasteiger partial charge in [-0.3, -0.25) is 0 Å². The molecule has 0 atom stereocenters. The van der Waals surface area contributed by atoms with Crippen LogP contribution in [0.15, 0.2) is 191 Å². The minimum Gasteiger partial charge on any atom is -0.456 e. The lowest BCUT2D eigenvalue weighted by Crippen LogP contribution is -1.92. The van der Waals surface area contributed by atoms with Crippen LogP contribution in [0.25, 0.3) is 110 Å². The summed E-state index contributed by atoms with van der Waals surface area (Å²) in [5.74, 6) is 0.835. The third-order valence-electron chi connectivity index (χ3n) is 10.7. The summed E-state index contributed by atoms with van der Waals surface area (Å²) in [6.45, 7) is 0. The summed E-state index contributed by atoms with van der Waals surface area (Å²) in [5, 5.41) is 10.7. The second-order valence-electron chi connectivity index (χ2n) is 13.6. The monoisotopic (exact) mass is 662 g/mol. The van der Waals surface area contributed by atoms with Crippen LogP contribution in [0.1, 0.15) is 0 Å². The fourth-order valence-electron chi connectivity index (χ4n) is 8.44. The lowest BCUT2D eigenvalue weighted by atomic mass is 9.84. The van der Waals surface area contributed by atoms with Gasteiger partial charge in [-0.2, -0.15) is 0 Å². The first kappa shape index (κ1) is 28.9. The van der Waals surface area contributed by atoms with E-state index in [2.05, 4.69) is 158 Å². The maximum absolute atomic E-state index is 6.52. The fraction of sp³-hybridized carbons (Fsp3) is 0. The first-order chi connectivity index (χ1) is 25.8. The standard InChI is InChI=1S/C50H30O2/c1-2-13-31(14-3-1)48-38-15-4-6-17-40(38)49(41-18-7-5-16-39(41)48)37-23-11-21-35-34(20-10-22-36(35)37)32-27-28-44-33(29-32)30-47(51-44)43-24-12-26-46-50(43)42-19-8-9-25-45(42)52-46/h1-30H. The third kappa shape index (κ3) is 4.31. The van der Waals surface area contributed by atoms with E-state index in [9.17, 15) is 0 Å². The second kappa shape index (κ2) is 11.3. The summed E-state index contributed by atoms with van der Waals surface area (Å²) in [5.41, 5.74) is 11.0. The van der Waals surface area contributed by atoms with E-state index in [0.717, 1.165) is 49.8 Å². The van der Waals surface area contributed by atoms with Gasteiger partial charge in [-0.15, -0.1) is 0 Å². The summed E-state index contributed by atoms with van der Waals surface area (Å²) in [6, 6.07) is 65.1. The zero-order valence-corrected chi connectivity index (χ0v) is 28.1. The van der Waals surface area contributed by atoms with Crippen molar-refractivity contribution in [1.82, 2.24) is 0 Å². The van der Waals surface area contributed by atoms with E-state index >= 15 is 0 Å². The second-order valence-corrected chi connectivity index (χ2v) is 13.6. The van der Waals surface area contributed by atoms with Crippen molar-refractivity contribution in [1.29, 1.82) is 0 Å². The molecule has 11 rings (SSSR count). The molecule has 0 saturated heterocycles. The molecule has 0 fully saturated rings. The van der Waals surface area contributed by atoms with E-state index in [4.69, 9.17) is 8.83 Å². The van der Waals surface area contributed by atoms with Crippen LogP contribution in [-0.4, -0.2) is 0 Å². The number of furan rings is 2. The molecule has 0 aliphatic heterocycles. The van der Waals surface area contributed by atoms with Crippen molar-refractivity contribution >= 4 is 65.2 Å². The van der Waals surface area contributed by atoms with E-state index in [0.29, 0.717) is 0 Å². The van der Waals surface area contributed by atoms with Gasteiger partial charge in [-0.25, -0.2) is 0 Å². The lowest BCUT2D eigenvalue weighted by Gasteiger charge is -2.19. The summed E-state index contributed by atoms with van der Waals surface area (Å²) in [7, 11) is 0. The Bertz CT molecular complexity index is 3120. The Morgan fingerprint density at radius 1 is 0.288 bits per heavy atom. The summed E-state index contributed by atoms with van der Waals surface area (Å²) < 4.78 is 12.7. The summed E-state index contributed by atoms with van der Waals surface area (Å²) >= 11 is 0. The molecule has 9 aromatic carbocycles. The molecule has 0 radical (unpaired) electrons. The van der Waals surface area contributed by atoms with Gasteiger partial charge in [0.05, 0.1) is 0 Å². The maximum atomic E-state index is 6.52. The van der Waals surface area contributed by atoms with E-state index in [1.165, 1.54) is 60.1 Å². The van der Waals surface area contributed by atoms with Gasteiger partial charge in [-0.1, -0.05) is 152 Å². The molecule has 0 saturated carbocycles. The molecule has 2 nitrogen and oxygen atoms in total. The van der Waals surface area contributed by atoms with Crippen LogP contribution in [0.3, 0.4) is 0 Å². The number of hydrogen-bond donors (Lipinski definition) is 0. The Balaban J connectivity index is 1.09. The average molecular weight is 663 g/mol. The molecule has 0 unspecified atom stereocenters. The lowest BCUT2D eigenvalue weighted by molar-refractivity contribution is 0.632. The van der Waals surface area contributed by atoms with E-state index in [1.807, 2.05) is 24.3 Å². The highest BCUT2D eigenvalue weighted by molar-refractivity contribution is 6.24. The molecular formula is C50H30O2. The molecule has 11 aromatic rings. The number of fused-ring (bicyclic) bond motifs is 7. The molecule has 0 amide bonds. The molecule has 2 heterocycles. The van der Waals surface area contributed by atoms with Crippen LogP contribution in [0.4, 0.5) is 0 Å². The topological polar surface area (TPSA) is 26.3 Å². The Labute approximate surface area is 299 Å². The number of benzene rings is 9. The van der Waals surface area contributed by atoms with Gasteiger partial charge in [0, 0.05) is 21.7 Å². The molecule has 2 heteroatoms. The van der Waals surface area contributed by atoms with E-state index < -0.39 is 0 Å². The summed E-state index contributed by atoms with van der Waals surface area (Å²) in [6.07, 6.45) is 0. The van der Waals surface area contributed by atoms with Gasteiger partial charge in [0.1, 0.15) is 22.5 Å². The predicted octanol–water partition coefficient (Wildman–Crippen LogP) is 14.5. The van der Waals surface area contributed by atoms with Crippen LogP contribution >= 0.6 is 0 Å². The largest absolute Gasteiger partial charge is 0.456 e. The van der Waals surface area contributed by atoms with E-state index in [1.54, 1.807) is 0 Å². The van der Waals surface area contributed by atoms with Crippen molar-refractivity contribution in [2.45, 2.75) is 0 Å². The first-order valence-corrected chi connectivity index (χ1v) is 17.8. The quantitative estimate of drug-likeness (QED) is 0.175. The first-order valence-electron chi connectivity index (χ1n) is 17.8. The zero-order valence-electron chi connectivity index (χ0n) is 28.1. The van der Waals surface area contributed by atoms with Crippen molar-refractivity contribution in [3.63, 3.8) is 0 Å². The van der Waals surface area contributed by atoms with Crippen molar-refractivity contribution in [3.8, 4) is 44.7 Å². The van der Waals surface area contributed by atoms with E-state index in [-0.39, 0.29) is 0 Å². The van der Waals surface area contributed by atoms with Crippen LogP contribution in [0.5, 0.6) is 0 Å². The van der Waals surface area contributed by atoms with Crippen molar-refractivity contribution < 1.29 is 8.83 Å². The molecular weight excluding hydrogens is 633 g/mol. The summed E-state index contributed by atoms with van der Waals surface area (Å²) in [4.78, 5) is 0. The minimum atomic E-state index is 0.835. The van der Waals surface area contributed by atoms with Crippen molar-refractivity contribution in [2.75, 3.05) is 0 Å². The van der Waals surface area contributed by atoms with Gasteiger partial charge in [0.15, 0.2) is 0 Å². The van der Waals surface area contributed by atoms with Gasteiger partial charge in [-0.05, 0) is 96.0 Å². The highest BCUT2D eigenvalue weighted by Gasteiger charge is 2.19. The molecule has 0 spiro atoms. The highest BCUT2D eigenvalue weighted by atomic mass is 16.3. The maximum Gasteiger partial charge on any atom is 0.136 e. The molecule has 0 aliphatic carbocycles. The van der Waals surface area contributed by atoms with Crippen molar-refractivity contribution in [2.24, 2.45) is 0 Å². The number of hydrogen-bond acceptors (Lipinski definition) is 2. The van der Waals surface area contributed by atoms with Crippen LogP contribution < -0.4 is 0 Å². The molecule has 0 N–H and O–H groups in total. The van der Waals surface area contributed by atoms with Crippen LogP contribution in [-0.2, 0) is 0 Å². The Kier molecular flexibility index (Phi) is 6.28. The van der Waals surface area contributed by atoms with Crippen LogP contribution in [0, 0.1) is 0 Å². The molecule has 0 aliphatic rings. The van der Waals surface area contributed by atoms with Gasteiger partial charge >= 0.3 is 0 Å².